The van der Waals surface area contributed by atoms with E-state index in [0.29, 0.717) is 5.56 Å². The molecular weight excluding hydrogens is 452 g/mol. The second kappa shape index (κ2) is 9.12. The Hall–Kier alpha value is -3.35. The number of hydrogen-bond acceptors (Lipinski definition) is 11. The summed E-state index contributed by atoms with van der Waals surface area (Å²) in [6.45, 7) is -0.668. The van der Waals surface area contributed by atoms with Gasteiger partial charge in [0.25, 0.3) is 0 Å². The molecule has 0 bridgehead atoms. The third kappa shape index (κ3) is 3.83. The molecular formula is C23H24O11. The van der Waals surface area contributed by atoms with E-state index in [0.717, 1.165) is 6.07 Å². The summed E-state index contributed by atoms with van der Waals surface area (Å²) in [6.07, 6.45) is -7.67. The molecule has 11 heteroatoms. The molecule has 1 aliphatic heterocycles. The molecule has 3 aromatic rings. The fourth-order valence-electron chi connectivity index (χ4n) is 4.06. The van der Waals surface area contributed by atoms with Crippen LogP contribution in [0, 0.1) is 0 Å². The zero-order valence-corrected chi connectivity index (χ0v) is 18.2. The van der Waals surface area contributed by atoms with Crippen molar-refractivity contribution < 1.29 is 49.3 Å². The highest BCUT2D eigenvalue weighted by Gasteiger charge is 2.46. The maximum atomic E-state index is 13.0. The predicted octanol–water partition coefficient (Wildman–Crippen LogP) is 0.403. The van der Waals surface area contributed by atoms with Gasteiger partial charge in [-0.2, -0.15) is 0 Å². The van der Waals surface area contributed by atoms with Gasteiger partial charge in [0.15, 0.2) is 16.9 Å². The van der Waals surface area contributed by atoms with Crippen LogP contribution in [0.25, 0.3) is 22.3 Å². The highest BCUT2D eigenvalue weighted by molar-refractivity contribution is 5.88. The van der Waals surface area contributed by atoms with Gasteiger partial charge in [-0.1, -0.05) is 0 Å². The molecule has 0 radical (unpaired) electrons. The molecule has 6 N–H and O–H groups in total. The maximum absolute atomic E-state index is 13.0. The first kappa shape index (κ1) is 23.8. The standard InChI is InChI=1S/C23H24O11/c1-31-12-4-3-9(5-10(12)25)13-6-11(26)17-15(33-13)7-14(32-2)18(20(17)28)23-22(30)21(29)19(27)16(8-24)34-23/h3-7,16,19,21-25,27-30H,8H2,1-2H3/t16?,19-,21+,22?,23+/m1/s1. The molecule has 2 heterocycles. The van der Waals surface area contributed by atoms with Crippen molar-refractivity contribution in [2.45, 2.75) is 30.5 Å². The number of methoxy groups -OCH3 is 2. The smallest absolute Gasteiger partial charge is 0.197 e. The Bertz CT molecular complexity index is 1270. The molecule has 0 saturated carbocycles. The second-order valence-corrected chi connectivity index (χ2v) is 7.83. The third-order valence-corrected chi connectivity index (χ3v) is 5.85. The lowest BCUT2D eigenvalue weighted by Crippen LogP contribution is -2.55. The molecule has 5 atom stereocenters. The fraction of sp³-hybridized carbons (Fsp3) is 0.348. The van der Waals surface area contributed by atoms with E-state index in [1.165, 1.54) is 32.4 Å². The molecule has 182 valence electrons. The second-order valence-electron chi connectivity index (χ2n) is 7.83. The minimum atomic E-state index is -1.70. The van der Waals surface area contributed by atoms with E-state index < -0.39 is 48.3 Å². The van der Waals surface area contributed by atoms with Gasteiger partial charge in [0.1, 0.15) is 58.7 Å². The first-order chi connectivity index (χ1) is 16.2. The summed E-state index contributed by atoms with van der Waals surface area (Å²) in [5.74, 6) is -0.488. The summed E-state index contributed by atoms with van der Waals surface area (Å²) in [7, 11) is 2.67. The summed E-state index contributed by atoms with van der Waals surface area (Å²) in [5, 5.41) is 61.0. The summed E-state index contributed by atoms with van der Waals surface area (Å²) in [4.78, 5) is 13.0. The van der Waals surface area contributed by atoms with Crippen LogP contribution in [0.5, 0.6) is 23.0 Å². The zero-order valence-electron chi connectivity index (χ0n) is 18.2. The van der Waals surface area contributed by atoms with Crippen molar-refractivity contribution in [3.05, 3.63) is 46.1 Å². The van der Waals surface area contributed by atoms with E-state index in [-0.39, 0.29) is 39.5 Å². The third-order valence-electron chi connectivity index (χ3n) is 5.85. The van der Waals surface area contributed by atoms with Crippen molar-refractivity contribution in [2.75, 3.05) is 20.8 Å². The average molecular weight is 476 g/mol. The normalized spacial score (nSPS) is 24.8. The molecule has 1 aromatic heterocycles. The molecule has 0 amide bonds. The van der Waals surface area contributed by atoms with Gasteiger partial charge < -0.3 is 49.3 Å². The van der Waals surface area contributed by atoms with Crippen LogP contribution >= 0.6 is 0 Å². The zero-order chi connectivity index (χ0) is 24.7. The largest absolute Gasteiger partial charge is 0.506 e. The number of aliphatic hydroxyl groups excluding tert-OH is 4. The summed E-state index contributed by atoms with van der Waals surface area (Å²) < 4.78 is 21.7. The van der Waals surface area contributed by atoms with Crippen molar-refractivity contribution in [1.82, 2.24) is 0 Å². The topological polar surface area (TPSA) is 179 Å². The number of fused-ring (bicyclic) bond motifs is 1. The van der Waals surface area contributed by atoms with Crippen LogP contribution in [0.15, 0.2) is 39.5 Å². The SMILES string of the molecule is COc1ccc(-c2cc(=O)c3c(O)c([C@@H]4OC(CO)[C@@H](O)[C@H](O)C4O)c(OC)cc3o2)cc1O. The highest BCUT2D eigenvalue weighted by Crippen LogP contribution is 2.45. The van der Waals surface area contributed by atoms with Crippen molar-refractivity contribution in [3.8, 4) is 34.3 Å². The van der Waals surface area contributed by atoms with Gasteiger partial charge in [0.2, 0.25) is 0 Å². The molecule has 2 aromatic carbocycles. The van der Waals surface area contributed by atoms with Crippen LogP contribution in [0.2, 0.25) is 0 Å². The Balaban J connectivity index is 1.88. The van der Waals surface area contributed by atoms with E-state index in [9.17, 15) is 35.4 Å². The van der Waals surface area contributed by atoms with Gasteiger partial charge in [-0.05, 0) is 18.2 Å². The first-order valence-electron chi connectivity index (χ1n) is 10.3. The summed E-state index contributed by atoms with van der Waals surface area (Å²) in [6, 6.07) is 6.84. The van der Waals surface area contributed by atoms with E-state index in [2.05, 4.69) is 0 Å². The van der Waals surface area contributed by atoms with Gasteiger partial charge in [0, 0.05) is 17.7 Å². The van der Waals surface area contributed by atoms with Crippen LogP contribution in [-0.2, 0) is 4.74 Å². The van der Waals surface area contributed by atoms with E-state index in [1.807, 2.05) is 0 Å². The Kier molecular flexibility index (Phi) is 6.39. The average Bonchev–Trinajstić information content (AvgIpc) is 2.82. The van der Waals surface area contributed by atoms with Gasteiger partial charge in [0.05, 0.1) is 26.4 Å². The van der Waals surface area contributed by atoms with Gasteiger partial charge >= 0.3 is 0 Å². The Labute approximate surface area is 192 Å². The van der Waals surface area contributed by atoms with E-state index in [1.54, 1.807) is 6.07 Å². The van der Waals surface area contributed by atoms with Crippen molar-refractivity contribution >= 4 is 11.0 Å². The van der Waals surface area contributed by atoms with E-state index in [4.69, 9.17) is 18.6 Å². The van der Waals surface area contributed by atoms with Crippen LogP contribution in [0.3, 0.4) is 0 Å². The van der Waals surface area contributed by atoms with Crippen molar-refractivity contribution in [3.63, 3.8) is 0 Å². The number of phenols is 2. The summed E-state index contributed by atoms with van der Waals surface area (Å²) >= 11 is 0. The molecule has 34 heavy (non-hydrogen) atoms. The van der Waals surface area contributed by atoms with E-state index >= 15 is 0 Å². The number of hydrogen-bond donors (Lipinski definition) is 6. The number of ether oxygens (including phenoxy) is 3. The van der Waals surface area contributed by atoms with Gasteiger partial charge in [-0.15, -0.1) is 0 Å². The van der Waals surface area contributed by atoms with Crippen LogP contribution in [0.1, 0.15) is 11.7 Å². The van der Waals surface area contributed by atoms with Crippen LogP contribution in [-0.4, -0.2) is 75.9 Å². The molecule has 4 rings (SSSR count). The summed E-state index contributed by atoms with van der Waals surface area (Å²) in [5.41, 5.74) is -0.485. The van der Waals surface area contributed by atoms with Crippen LogP contribution < -0.4 is 14.9 Å². The maximum Gasteiger partial charge on any atom is 0.197 e. The van der Waals surface area contributed by atoms with Crippen molar-refractivity contribution in [2.24, 2.45) is 0 Å². The molecule has 1 saturated heterocycles. The lowest BCUT2D eigenvalue weighted by Gasteiger charge is -2.40. The van der Waals surface area contributed by atoms with Crippen molar-refractivity contribution in [1.29, 1.82) is 0 Å². The minimum absolute atomic E-state index is 0.0350. The number of phenolic OH excluding ortho intramolecular Hbond substituents is 2. The first-order valence-corrected chi connectivity index (χ1v) is 10.3. The lowest BCUT2D eigenvalue weighted by molar-refractivity contribution is -0.232. The quantitative estimate of drug-likeness (QED) is 0.300. The number of aliphatic hydroxyl groups is 4. The molecule has 1 fully saturated rings. The minimum Gasteiger partial charge on any atom is -0.506 e. The van der Waals surface area contributed by atoms with Gasteiger partial charge in [-0.25, -0.2) is 0 Å². The predicted molar refractivity (Wildman–Crippen MR) is 117 cm³/mol. The fourth-order valence-corrected chi connectivity index (χ4v) is 4.06. The Morgan fingerprint density at radius 3 is 2.26 bits per heavy atom. The lowest BCUT2D eigenvalue weighted by atomic mass is 9.89. The molecule has 11 nitrogen and oxygen atoms in total. The highest BCUT2D eigenvalue weighted by atomic mass is 16.5. The Morgan fingerprint density at radius 2 is 1.65 bits per heavy atom. The Morgan fingerprint density at radius 1 is 0.941 bits per heavy atom. The molecule has 0 spiro atoms. The van der Waals surface area contributed by atoms with Gasteiger partial charge in [-0.3, -0.25) is 4.79 Å². The molecule has 0 aliphatic carbocycles. The van der Waals surface area contributed by atoms with Crippen LogP contribution in [0.4, 0.5) is 0 Å². The molecule has 1 aliphatic rings. The number of benzene rings is 2. The molecule has 2 unspecified atom stereocenters. The number of aromatic hydroxyl groups is 2. The number of rotatable bonds is 5. The monoisotopic (exact) mass is 476 g/mol.